The Hall–Kier alpha value is -1.35. The topological polar surface area (TPSA) is 38.9 Å². The van der Waals surface area contributed by atoms with Crippen molar-refractivity contribution < 1.29 is 0 Å². The van der Waals surface area contributed by atoms with Gasteiger partial charge in [-0.3, -0.25) is 0 Å². The van der Waals surface area contributed by atoms with Gasteiger partial charge >= 0.3 is 0 Å². The van der Waals surface area contributed by atoms with Crippen LogP contribution in [0.4, 0.5) is 5.82 Å². The van der Waals surface area contributed by atoms with Crippen molar-refractivity contribution in [3.8, 4) is 0 Å². The number of thiophene rings is 1. The molecular weight excluding hydrogens is 180 g/mol. The van der Waals surface area contributed by atoms with E-state index < -0.39 is 0 Å². The number of pyridine rings is 1. The summed E-state index contributed by atoms with van der Waals surface area (Å²) in [5.41, 5.74) is 8.02. The van der Waals surface area contributed by atoms with E-state index in [2.05, 4.69) is 21.8 Å². The summed E-state index contributed by atoms with van der Waals surface area (Å²) in [5.74, 6) is 0.578. The number of nitrogen functional groups attached to an aromatic ring is 1. The molecule has 0 atom stereocenters. The van der Waals surface area contributed by atoms with Gasteiger partial charge in [0, 0.05) is 6.20 Å². The minimum absolute atomic E-state index is 0.578. The van der Waals surface area contributed by atoms with Crippen molar-refractivity contribution in [1.29, 1.82) is 0 Å². The number of nitrogens with zero attached hydrogens (tertiary/aromatic N) is 1. The zero-order valence-electron chi connectivity index (χ0n) is 7.10. The third-order valence-electron chi connectivity index (χ3n) is 1.84. The van der Waals surface area contributed by atoms with Gasteiger partial charge < -0.3 is 5.73 Å². The lowest BCUT2D eigenvalue weighted by molar-refractivity contribution is 1.16. The van der Waals surface area contributed by atoms with Gasteiger partial charge in [0.2, 0.25) is 0 Å². The van der Waals surface area contributed by atoms with Crippen molar-refractivity contribution in [3.05, 3.63) is 46.3 Å². The number of nitrogens with two attached hydrogens (primary N) is 1. The SMILES string of the molecule is Nc1ccc(Cc2ccsc2)cn1. The summed E-state index contributed by atoms with van der Waals surface area (Å²) in [6, 6.07) is 5.97. The molecule has 0 aromatic carbocycles. The summed E-state index contributed by atoms with van der Waals surface area (Å²) in [6.45, 7) is 0. The Morgan fingerprint density at radius 2 is 2.15 bits per heavy atom. The van der Waals surface area contributed by atoms with E-state index in [1.54, 1.807) is 11.3 Å². The Labute approximate surface area is 81.1 Å². The van der Waals surface area contributed by atoms with Crippen LogP contribution in [0.5, 0.6) is 0 Å². The predicted octanol–water partition coefficient (Wildman–Crippen LogP) is 2.32. The summed E-state index contributed by atoms with van der Waals surface area (Å²) in [7, 11) is 0. The molecule has 3 heteroatoms. The van der Waals surface area contributed by atoms with Crippen LogP contribution in [0.3, 0.4) is 0 Å². The second-order valence-electron chi connectivity index (χ2n) is 2.90. The van der Waals surface area contributed by atoms with Gasteiger partial charge in [-0.1, -0.05) is 6.07 Å². The van der Waals surface area contributed by atoms with Crippen molar-refractivity contribution in [3.63, 3.8) is 0 Å². The summed E-state index contributed by atoms with van der Waals surface area (Å²) in [6.07, 6.45) is 2.77. The van der Waals surface area contributed by atoms with Crippen molar-refractivity contribution in [2.45, 2.75) is 6.42 Å². The van der Waals surface area contributed by atoms with E-state index in [4.69, 9.17) is 5.73 Å². The summed E-state index contributed by atoms with van der Waals surface area (Å²) < 4.78 is 0. The minimum atomic E-state index is 0.578. The van der Waals surface area contributed by atoms with Crippen LogP contribution in [0, 0.1) is 0 Å². The molecule has 0 aliphatic rings. The number of hydrogen-bond donors (Lipinski definition) is 1. The molecule has 0 saturated heterocycles. The predicted molar refractivity (Wildman–Crippen MR) is 55.8 cm³/mol. The maximum absolute atomic E-state index is 5.49. The van der Waals surface area contributed by atoms with E-state index in [1.165, 1.54) is 11.1 Å². The van der Waals surface area contributed by atoms with Crippen LogP contribution in [-0.2, 0) is 6.42 Å². The summed E-state index contributed by atoms with van der Waals surface area (Å²) in [4.78, 5) is 4.04. The van der Waals surface area contributed by atoms with Crippen LogP contribution >= 0.6 is 11.3 Å². The largest absolute Gasteiger partial charge is 0.384 e. The number of rotatable bonds is 2. The molecular formula is C10H10N2S. The first-order chi connectivity index (χ1) is 6.34. The molecule has 0 bridgehead atoms. The highest BCUT2D eigenvalue weighted by Gasteiger charge is 1.96. The fourth-order valence-corrected chi connectivity index (χ4v) is 1.84. The molecule has 0 fully saturated rings. The molecule has 0 unspecified atom stereocenters. The molecule has 2 heterocycles. The molecule has 2 rings (SSSR count). The van der Waals surface area contributed by atoms with Crippen LogP contribution in [0.2, 0.25) is 0 Å². The van der Waals surface area contributed by atoms with Crippen LogP contribution < -0.4 is 5.73 Å². The maximum atomic E-state index is 5.49. The first-order valence-electron chi connectivity index (χ1n) is 4.06. The standard InChI is InChI=1S/C10H10N2S/c11-10-2-1-8(6-12-10)5-9-3-4-13-7-9/h1-4,6-7H,5H2,(H2,11,12). The fraction of sp³-hybridized carbons (Fsp3) is 0.100. The van der Waals surface area contributed by atoms with Crippen molar-refractivity contribution in [2.75, 3.05) is 5.73 Å². The average Bonchev–Trinajstić information content (AvgIpc) is 2.62. The lowest BCUT2D eigenvalue weighted by atomic mass is 10.1. The molecule has 13 heavy (non-hydrogen) atoms. The van der Waals surface area contributed by atoms with Gasteiger partial charge in [0.25, 0.3) is 0 Å². The molecule has 66 valence electrons. The Balaban J connectivity index is 2.15. The van der Waals surface area contributed by atoms with E-state index >= 15 is 0 Å². The lowest BCUT2D eigenvalue weighted by Crippen LogP contribution is -1.91. The molecule has 0 spiro atoms. The van der Waals surface area contributed by atoms with Gasteiger partial charge in [-0.2, -0.15) is 11.3 Å². The van der Waals surface area contributed by atoms with Gasteiger partial charge in [0.15, 0.2) is 0 Å². The van der Waals surface area contributed by atoms with Gasteiger partial charge in [0.05, 0.1) is 0 Å². The highest BCUT2D eigenvalue weighted by atomic mass is 32.1. The molecule has 0 amide bonds. The zero-order valence-corrected chi connectivity index (χ0v) is 7.92. The third-order valence-corrected chi connectivity index (χ3v) is 2.57. The Morgan fingerprint density at radius 1 is 1.23 bits per heavy atom. The van der Waals surface area contributed by atoms with Gasteiger partial charge in [-0.25, -0.2) is 4.98 Å². The van der Waals surface area contributed by atoms with Crippen LogP contribution in [0.25, 0.3) is 0 Å². The molecule has 0 aliphatic heterocycles. The Bertz CT molecular complexity index is 364. The van der Waals surface area contributed by atoms with E-state index in [9.17, 15) is 0 Å². The first kappa shape index (κ1) is 8.26. The third kappa shape index (κ3) is 2.06. The fourth-order valence-electron chi connectivity index (χ4n) is 1.17. The number of hydrogen-bond acceptors (Lipinski definition) is 3. The maximum Gasteiger partial charge on any atom is 0.123 e. The molecule has 0 aliphatic carbocycles. The van der Waals surface area contributed by atoms with Crippen LogP contribution in [0.1, 0.15) is 11.1 Å². The van der Waals surface area contributed by atoms with Gasteiger partial charge in [-0.05, 0) is 40.4 Å². The Morgan fingerprint density at radius 3 is 2.77 bits per heavy atom. The molecule has 2 aromatic rings. The highest BCUT2D eigenvalue weighted by Crippen LogP contribution is 2.12. The smallest absolute Gasteiger partial charge is 0.123 e. The number of aromatic nitrogens is 1. The zero-order chi connectivity index (χ0) is 9.10. The second kappa shape index (κ2) is 3.58. The quantitative estimate of drug-likeness (QED) is 0.789. The van der Waals surface area contributed by atoms with Gasteiger partial charge in [0.1, 0.15) is 5.82 Å². The monoisotopic (exact) mass is 190 g/mol. The molecule has 2 aromatic heterocycles. The molecule has 0 radical (unpaired) electrons. The van der Waals surface area contributed by atoms with Crippen molar-refractivity contribution in [1.82, 2.24) is 4.98 Å². The first-order valence-corrected chi connectivity index (χ1v) is 5.00. The minimum Gasteiger partial charge on any atom is -0.384 e. The highest BCUT2D eigenvalue weighted by molar-refractivity contribution is 7.07. The van der Waals surface area contributed by atoms with Crippen LogP contribution in [-0.4, -0.2) is 4.98 Å². The van der Waals surface area contributed by atoms with E-state index in [1.807, 2.05) is 18.3 Å². The lowest BCUT2D eigenvalue weighted by Gasteiger charge is -1.98. The van der Waals surface area contributed by atoms with E-state index in [0.717, 1.165) is 6.42 Å². The summed E-state index contributed by atoms with van der Waals surface area (Å²) >= 11 is 1.72. The van der Waals surface area contributed by atoms with Crippen molar-refractivity contribution >= 4 is 17.2 Å². The molecule has 0 saturated carbocycles. The second-order valence-corrected chi connectivity index (χ2v) is 3.68. The Kier molecular flexibility index (Phi) is 2.27. The number of anilines is 1. The van der Waals surface area contributed by atoms with E-state index in [-0.39, 0.29) is 0 Å². The van der Waals surface area contributed by atoms with Gasteiger partial charge in [-0.15, -0.1) is 0 Å². The summed E-state index contributed by atoms with van der Waals surface area (Å²) in [5, 5.41) is 4.23. The van der Waals surface area contributed by atoms with Crippen molar-refractivity contribution in [2.24, 2.45) is 0 Å². The average molecular weight is 190 g/mol. The van der Waals surface area contributed by atoms with Crippen LogP contribution in [0.15, 0.2) is 35.2 Å². The molecule has 2 N–H and O–H groups in total. The van der Waals surface area contributed by atoms with E-state index in [0.29, 0.717) is 5.82 Å². The normalized spacial score (nSPS) is 10.2. The molecule has 2 nitrogen and oxygen atoms in total.